The number of carbonyl (C=O) groups is 1. The van der Waals surface area contributed by atoms with E-state index in [4.69, 9.17) is 0 Å². The fourth-order valence-electron chi connectivity index (χ4n) is 3.81. The van der Waals surface area contributed by atoms with E-state index in [-0.39, 0.29) is 5.41 Å². The van der Waals surface area contributed by atoms with Crippen molar-refractivity contribution < 1.29 is 4.79 Å². The third kappa shape index (κ3) is 1.91. The van der Waals surface area contributed by atoms with Crippen molar-refractivity contribution in [3.8, 4) is 0 Å². The van der Waals surface area contributed by atoms with E-state index in [1.165, 1.54) is 0 Å². The Morgan fingerprint density at radius 3 is 3.05 bits per heavy atom. The van der Waals surface area contributed by atoms with Crippen LogP contribution in [0.15, 0.2) is 24.4 Å². The average Bonchev–Trinajstić information content (AvgIpc) is 3.11. The minimum atomic E-state index is -0.181. The first-order chi connectivity index (χ1) is 10.2. The standard InChI is InChI=1S/C16H20N4O/c1-19-9-2-6-16(15(19)21)7-10-20(11-16)13-4-3-12-5-8-17-14(12)18-13/h3-5,8H,2,6-7,9-11H2,1H3,(H,17,18)/t16-/m0/s1. The van der Waals surface area contributed by atoms with Crippen molar-refractivity contribution in [2.45, 2.75) is 19.3 Å². The van der Waals surface area contributed by atoms with Gasteiger partial charge >= 0.3 is 0 Å². The second kappa shape index (κ2) is 4.48. The van der Waals surface area contributed by atoms with Crippen molar-refractivity contribution in [1.29, 1.82) is 0 Å². The van der Waals surface area contributed by atoms with Crippen LogP contribution < -0.4 is 4.90 Å². The molecule has 0 saturated carbocycles. The monoisotopic (exact) mass is 284 g/mol. The van der Waals surface area contributed by atoms with E-state index in [0.29, 0.717) is 5.91 Å². The summed E-state index contributed by atoms with van der Waals surface area (Å²) in [6.45, 7) is 2.61. The van der Waals surface area contributed by atoms with Gasteiger partial charge in [0.2, 0.25) is 5.91 Å². The molecule has 2 aromatic rings. The fourth-order valence-corrected chi connectivity index (χ4v) is 3.81. The van der Waals surface area contributed by atoms with E-state index < -0.39 is 0 Å². The highest BCUT2D eigenvalue weighted by Crippen LogP contribution is 2.41. The largest absolute Gasteiger partial charge is 0.355 e. The Hall–Kier alpha value is -2.04. The van der Waals surface area contributed by atoms with Crippen molar-refractivity contribution in [1.82, 2.24) is 14.9 Å². The lowest BCUT2D eigenvalue weighted by molar-refractivity contribution is -0.143. The number of amides is 1. The Balaban J connectivity index is 1.62. The van der Waals surface area contributed by atoms with Crippen LogP contribution in [0.3, 0.4) is 0 Å². The molecule has 1 amide bonds. The maximum atomic E-state index is 12.6. The Kier molecular flexibility index (Phi) is 2.71. The van der Waals surface area contributed by atoms with E-state index in [1.807, 2.05) is 24.2 Å². The SMILES string of the molecule is CN1CCC[C@@]2(CCN(c3ccc4cc[nH]c4n3)C2)C1=O. The van der Waals surface area contributed by atoms with Gasteiger partial charge in [-0.3, -0.25) is 4.79 Å². The molecular formula is C16H20N4O. The molecule has 0 unspecified atom stereocenters. The molecule has 1 N–H and O–H groups in total. The number of hydrogen-bond acceptors (Lipinski definition) is 3. The maximum absolute atomic E-state index is 12.6. The second-order valence-electron chi connectivity index (χ2n) is 6.37. The molecular weight excluding hydrogens is 264 g/mol. The van der Waals surface area contributed by atoms with Crippen molar-refractivity contribution in [3.05, 3.63) is 24.4 Å². The van der Waals surface area contributed by atoms with Crippen molar-refractivity contribution in [2.75, 3.05) is 31.6 Å². The van der Waals surface area contributed by atoms with Crippen LogP contribution in [-0.2, 0) is 4.79 Å². The molecule has 0 aromatic carbocycles. The van der Waals surface area contributed by atoms with Gasteiger partial charge < -0.3 is 14.8 Å². The molecule has 4 rings (SSSR count). The Morgan fingerprint density at radius 1 is 1.24 bits per heavy atom. The third-order valence-corrected chi connectivity index (χ3v) is 5.02. The van der Waals surface area contributed by atoms with Gasteiger partial charge in [-0.05, 0) is 37.5 Å². The minimum Gasteiger partial charge on any atom is -0.355 e. The topological polar surface area (TPSA) is 52.2 Å². The molecule has 2 aromatic heterocycles. The van der Waals surface area contributed by atoms with E-state index in [9.17, 15) is 4.79 Å². The molecule has 2 fully saturated rings. The van der Waals surface area contributed by atoms with Crippen LogP contribution in [0.5, 0.6) is 0 Å². The highest BCUT2D eigenvalue weighted by atomic mass is 16.2. The van der Waals surface area contributed by atoms with Crippen LogP contribution in [0.1, 0.15) is 19.3 Å². The normalized spacial score (nSPS) is 26.2. The van der Waals surface area contributed by atoms with E-state index >= 15 is 0 Å². The number of anilines is 1. The van der Waals surface area contributed by atoms with Crippen molar-refractivity contribution in [3.63, 3.8) is 0 Å². The summed E-state index contributed by atoms with van der Waals surface area (Å²) in [6.07, 6.45) is 4.98. The number of rotatable bonds is 1. The number of H-pyrrole nitrogens is 1. The molecule has 0 radical (unpaired) electrons. The molecule has 5 nitrogen and oxygen atoms in total. The zero-order chi connectivity index (χ0) is 14.4. The van der Waals surface area contributed by atoms with Gasteiger partial charge in [-0.1, -0.05) is 0 Å². The summed E-state index contributed by atoms with van der Waals surface area (Å²) in [4.78, 5) is 24.6. The Labute approximate surface area is 123 Å². The third-order valence-electron chi connectivity index (χ3n) is 5.02. The van der Waals surface area contributed by atoms with Gasteiger partial charge in [0.1, 0.15) is 11.5 Å². The first-order valence-electron chi connectivity index (χ1n) is 7.63. The van der Waals surface area contributed by atoms with Crippen LogP contribution in [0, 0.1) is 5.41 Å². The summed E-state index contributed by atoms with van der Waals surface area (Å²) < 4.78 is 0. The molecule has 1 spiro atoms. The van der Waals surface area contributed by atoms with Gasteiger partial charge in [0, 0.05) is 38.3 Å². The number of pyridine rings is 1. The summed E-state index contributed by atoms with van der Waals surface area (Å²) >= 11 is 0. The van der Waals surface area contributed by atoms with Gasteiger partial charge in [0.15, 0.2) is 0 Å². The number of nitrogens with zero attached hydrogens (tertiary/aromatic N) is 3. The molecule has 2 aliphatic heterocycles. The molecule has 0 aliphatic carbocycles. The van der Waals surface area contributed by atoms with E-state index in [2.05, 4.69) is 27.0 Å². The summed E-state index contributed by atoms with van der Waals surface area (Å²) in [6, 6.07) is 6.18. The van der Waals surface area contributed by atoms with Gasteiger partial charge in [-0.25, -0.2) is 4.98 Å². The fraction of sp³-hybridized carbons (Fsp3) is 0.500. The molecule has 2 aliphatic rings. The second-order valence-corrected chi connectivity index (χ2v) is 6.37. The molecule has 0 bridgehead atoms. The summed E-state index contributed by atoms with van der Waals surface area (Å²) in [5, 5.41) is 1.13. The summed E-state index contributed by atoms with van der Waals surface area (Å²) in [7, 11) is 1.93. The number of hydrogen-bond donors (Lipinski definition) is 1. The number of aromatic amines is 1. The summed E-state index contributed by atoms with van der Waals surface area (Å²) in [5.41, 5.74) is 0.736. The predicted molar refractivity (Wildman–Crippen MR) is 82.2 cm³/mol. The number of fused-ring (bicyclic) bond motifs is 1. The molecule has 5 heteroatoms. The molecule has 4 heterocycles. The van der Waals surface area contributed by atoms with Crippen LogP contribution >= 0.6 is 0 Å². The number of likely N-dealkylation sites (tertiary alicyclic amines) is 1. The van der Waals surface area contributed by atoms with Crippen LogP contribution in [0.2, 0.25) is 0 Å². The number of nitrogens with one attached hydrogen (secondary N) is 1. The molecule has 110 valence electrons. The average molecular weight is 284 g/mol. The number of carbonyl (C=O) groups excluding carboxylic acids is 1. The zero-order valence-corrected chi connectivity index (χ0v) is 12.3. The lowest BCUT2D eigenvalue weighted by Gasteiger charge is -2.37. The van der Waals surface area contributed by atoms with Gasteiger partial charge in [-0.2, -0.15) is 0 Å². The lowest BCUT2D eigenvalue weighted by atomic mass is 9.78. The van der Waals surface area contributed by atoms with Crippen LogP contribution in [0.4, 0.5) is 5.82 Å². The van der Waals surface area contributed by atoms with E-state index in [0.717, 1.165) is 55.7 Å². The van der Waals surface area contributed by atoms with Crippen LogP contribution in [-0.4, -0.2) is 47.5 Å². The summed E-state index contributed by atoms with van der Waals surface area (Å²) in [5.74, 6) is 1.29. The maximum Gasteiger partial charge on any atom is 0.230 e. The first-order valence-corrected chi connectivity index (χ1v) is 7.63. The highest BCUT2D eigenvalue weighted by molar-refractivity contribution is 5.85. The van der Waals surface area contributed by atoms with Crippen molar-refractivity contribution in [2.24, 2.45) is 5.41 Å². The zero-order valence-electron chi connectivity index (χ0n) is 12.3. The van der Waals surface area contributed by atoms with Crippen molar-refractivity contribution >= 4 is 22.8 Å². The van der Waals surface area contributed by atoms with Gasteiger partial charge in [-0.15, -0.1) is 0 Å². The first kappa shape index (κ1) is 12.7. The van der Waals surface area contributed by atoms with Gasteiger partial charge in [0.05, 0.1) is 5.41 Å². The molecule has 21 heavy (non-hydrogen) atoms. The lowest BCUT2D eigenvalue weighted by Crippen LogP contribution is -2.48. The molecule has 2 saturated heterocycles. The predicted octanol–water partition coefficient (Wildman–Crippen LogP) is 2.01. The smallest absolute Gasteiger partial charge is 0.230 e. The highest BCUT2D eigenvalue weighted by Gasteiger charge is 2.47. The number of piperidine rings is 1. The Bertz CT molecular complexity index is 694. The number of aromatic nitrogens is 2. The minimum absolute atomic E-state index is 0.181. The quantitative estimate of drug-likeness (QED) is 0.871. The van der Waals surface area contributed by atoms with E-state index in [1.54, 1.807) is 0 Å². The Morgan fingerprint density at radius 2 is 2.14 bits per heavy atom. The molecule has 1 atom stereocenters. The van der Waals surface area contributed by atoms with Gasteiger partial charge in [0.25, 0.3) is 0 Å². The van der Waals surface area contributed by atoms with Crippen LogP contribution in [0.25, 0.3) is 11.0 Å².